The molecule has 2 aliphatic rings. The zero-order chi connectivity index (χ0) is 22.1. The van der Waals surface area contributed by atoms with Gasteiger partial charge in [0.15, 0.2) is 5.82 Å². The molecule has 5 rings (SSSR count). The Labute approximate surface area is 188 Å². The van der Waals surface area contributed by atoms with E-state index < -0.39 is 16.6 Å². The van der Waals surface area contributed by atoms with Crippen LogP contribution in [0.3, 0.4) is 0 Å². The number of rotatable bonds is 5. The molecule has 0 bridgehead atoms. The van der Waals surface area contributed by atoms with Crippen LogP contribution in [0.2, 0.25) is 0 Å². The maximum Gasteiger partial charge on any atom is 0.225 e. The molecule has 0 spiro atoms. The van der Waals surface area contributed by atoms with E-state index in [9.17, 15) is 8.60 Å². The summed E-state index contributed by atoms with van der Waals surface area (Å²) in [5.41, 5.74) is 2.02. The topological polar surface area (TPSA) is 84.3 Å². The van der Waals surface area contributed by atoms with Crippen molar-refractivity contribution in [2.45, 2.75) is 30.3 Å². The maximum atomic E-state index is 13.1. The van der Waals surface area contributed by atoms with Crippen LogP contribution in [-0.4, -0.2) is 56.1 Å². The van der Waals surface area contributed by atoms with Crippen LogP contribution in [0.25, 0.3) is 0 Å². The minimum Gasteiger partial charge on any atom is -0.474 e. The van der Waals surface area contributed by atoms with E-state index in [2.05, 4.69) is 24.8 Å². The Morgan fingerprint density at radius 3 is 2.44 bits per heavy atom. The lowest BCUT2D eigenvalue weighted by Gasteiger charge is -2.32. The van der Waals surface area contributed by atoms with Crippen LogP contribution in [0.5, 0.6) is 5.88 Å². The number of ether oxygens (including phenoxy) is 1. The lowest BCUT2D eigenvalue weighted by Crippen LogP contribution is -2.39. The molecule has 1 aromatic carbocycles. The monoisotopic (exact) mass is 454 g/mol. The normalized spacial score (nSPS) is 17.3. The van der Waals surface area contributed by atoms with E-state index in [-0.39, 0.29) is 6.10 Å². The minimum atomic E-state index is -1.00. The van der Waals surface area contributed by atoms with Crippen LogP contribution < -0.4 is 14.5 Å². The molecule has 0 aliphatic carbocycles. The molecule has 3 aromatic rings. The van der Waals surface area contributed by atoms with Gasteiger partial charge in [0.1, 0.15) is 18.2 Å². The number of fused-ring (bicyclic) bond motifs is 1. The summed E-state index contributed by atoms with van der Waals surface area (Å²) in [6, 6.07) is 7.73. The summed E-state index contributed by atoms with van der Waals surface area (Å²) < 4.78 is 31.0. The smallest absolute Gasteiger partial charge is 0.225 e. The third kappa shape index (κ3) is 4.14. The first-order valence-corrected chi connectivity index (χ1v) is 12.1. The summed E-state index contributed by atoms with van der Waals surface area (Å²) in [5.74, 6) is 1.61. The molecular formula is C22H23FN6O2S. The Balaban J connectivity index is 1.27. The maximum absolute atomic E-state index is 13.1. The van der Waals surface area contributed by atoms with Crippen molar-refractivity contribution in [1.29, 1.82) is 0 Å². The van der Waals surface area contributed by atoms with Crippen molar-refractivity contribution in [1.82, 2.24) is 19.9 Å². The molecule has 1 atom stereocenters. The molecule has 0 radical (unpaired) electrons. The summed E-state index contributed by atoms with van der Waals surface area (Å²) in [5, 5.41) is 0. The molecule has 8 nitrogen and oxygen atoms in total. The molecule has 1 saturated heterocycles. The van der Waals surface area contributed by atoms with Crippen molar-refractivity contribution in [3.05, 3.63) is 54.4 Å². The quantitative estimate of drug-likeness (QED) is 0.582. The Bertz CT molecular complexity index is 1120. The van der Waals surface area contributed by atoms with Gasteiger partial charge in [0.25, 0.3) is 0 Å². The Hall–Kier alpha value is -3.14. The lowest BCUT2D eigenvalue weighted by molar-refractivity contribution is 0.162. The predicted molar refractivity (Wildman–Crippen MR) is 119 cm³/mol. The van der Waals surface area contributed by atoms with E-state index in [1.165, 1.54) is 12.4 Å². The van der Waals surface area contributed by atoms with Crippen LogP contribution in [0.15, 0.2) is 47.9 Å². The minimum absolute atomic E-state index is 0.0403. The molecule has 0 N–H and O–H groups in total. The summed E-state index contributed by atoms with van der Waals surface area (Å²) >= 11 is 0. The second-order valence-corrected chi connectivity index (χ2v) is 9.22. The molecule has 1 fully saturated rings. The fourth-order valence-corrected chi connectivity index (χ4v) is 4.66. The molecular weight excluding hydrogens is 431 g/mol. The number of aromatic nitrogens is 4. The second-order valence-electron chi connectivity index (χ2n) is 7.84. The highest BCUT2D eigenvalue weighted by Crippen LogP contribution is 2.37. The average Bonchev–Trinajstić information content (AvgIpc) is 3.25. The predicted octanol–water partition coefficient (Wildman–Crippen LogP) is 2.89. The zero-order valence-corrected chi connectivity index (χ0v) is 18.5. The Kier molecular flexibility index (Phi) is 5.69. The first-order chi connectivity index (χ1) is 15.6. The molecule has 2 aliphatic heterocycles. The molecule has 32 heavy (non-hydrogen) atoms. The number of halogens is 1. The van der Waals surface area contributed by atoms with Gasteiger partial charge in [-0.1, -0.05) is 0 Å². The number of anilines is 3. The van der Waals surface area contributed by atoms with E-state index in [0.717, 1.165) is 60.9 Å². The standard InChI is InChI=1S/C22H23FN6O2S/c1-32(30)18-4-2-16(3-5-18)29-11-8-19-20(29)26-14-27-21(19)31-17-6-9-28(10-7-17)22-24-12-15(23)13-25-22/h2-5,12-14,17H,6-11H2,1H3. The lowest BCUT2D eigenvalue weighted by atomic mass is 10.1. The van der Waals surface area contributed by atoms with Crippen LogP contribution >= 0.6 is 0 Å². The largest absolute Gasteiger partial charge is 0.474 e. The number of piperidine rings is 1. The fraction of sp³-hybridized carbons (Fsp3) is 0.364. The number of hydrogen-bond acceptors (Lipinski definition) is 8. The van der Waals surface area contributed by atoms with Crippen molar-refractivity contribution in [2.24, 2.45) is 0 Å². The first kappa shape index (κ1) is 20.7. The highest BCUT2D eigenvalue weighted by Gasteiger charge is 2.29. The van der Waals surface area contributed by atoms with Gasteiger partial charge in [-0.15, -0.1) is 0 Å². The number of hydrogen-bond donors (Lipinski definition) is 0. The fourth-order valence-electron chi connectivity index (χ4n) is 4.14. The van der Waals surface area contributed by atoms with Gasteiger partial charge >= 0.3 is 0 Å². The Morgan fingerprint density at radius 2 is 1.75 bits per heavy atom. The van der Waals surface area contributed by atoms with Crippen LogP contribution in [0.4, 0.5) is 21.8 Å². The van der Waals surface area contributed by atoms with Gasteiger partial charge in [-0.05, 0) is 30.7 Å². The molecule has 10 heteroatoms. The molecule has 2 aromatic heterocycles. The SMILES string of the molecule is CS(=O)c1ccc(N2CCc3c(OC4CCN(c5ncc(F)cn5)CC4)ncnc32)cc1. The van der Waals surface area contributed by atoms with Crippen molar-refractivity contribution in [3.8, 4) is 5.88 Å². The molecule has 166 valence electrons. The third-order valence-electron chi connectivity index (χ3n) is 5.81. The van der Waals surface area contributed by atoms with Crippen LogP contribution in [0, 0.1) is 5.82 Å². The van der Waals surface area contributed by atoms with Gasteiger partial charge in [0.2, 0.25) is 11.8 Å². The highest BCUT2D eigenvalue weighted by atomic mass is 32.2. The molecule has 0 saturated carbocycles. The van der Waals surface area contributed by atoms with Gasteiger partial charge in [-0.25, -0.2) is 24.3 Å². The number of benzene rings is 1. The van der Waals surface area contributed by atoms with Crippen LogP contribution in [-0.2, 0) is 17.2 Å². The van der Waals surface area contributed by atoms with Gasteiger partial charge in [0.05, 0.1) is 18.0 Å². The zero-order valence-electron chi connectivity index (χ0n) is 17.6. The average molecular weight is 455 g/mol. The van der Waals surface area contributed by atoms with Gasteiger partial charge in [-0.2, -0.15) is 0 Å². The highest BCUT2D eigenvalue weighted by molar-refractivity contribution is 7.84. The summed E-state index contributed by atoms with van der Waals surface area (Å²) in [6.45, 7) is 2.26. The summed E-state index contributed by atoms with van der Waals surface area (Å²) in [7, 11) is -1.00. The Morgan fingerprint density at radius 1 is 1.03 bits per heavy atom. The van der Waals surface area contributed by atoms with Crippen LogP contribution in [0.1, 0.15) is 18.4 Å². The van der Waals surface area contributed by atoms with E-state index in [0.29, 0.717) is 11.8 Å². The van der Waals surface area contributed by atoms with E-state index >= 15 is 0 Å². The summed E-state index contributed by atoms with van der Waals surface area (Å²) in [4.78, 5) is 22.0. The van der Waals surface area contributed by atoms with E-state index in [1.807, 2.05) is 29.2 Å². The molecule has 0 amide bonds. The van der Waals surface area contributed by atoms with Gasteiger partial charge in [0, 0.05) is 60.1 Å². The van der Waals surface area contributed by atoms with Gasteiger partial charge in [-0.3, -0.25) is 4.21 Å². The van der Waals surface area contributed by atoms with Gasteiger partial charge < -0.3 is 14.5 Å². The van der Waals surface area contributed by atoms with Crippen molar-refractivity contribution in [2.75, 3.05) is 35.7 Å². The van der Waals surface area contributed by atoms with Crippen molar-refractivity contribution >= 4 is 28.3 Å². The number of nitrogens with zero attached hydrogens (tertiary/aromatic N) is 6. The molecule has 4 heterocycles. The van der Waals surface area contributed by atoms with E-state index in [4.69, 9.17) is 4.74 Å². The van der Waals surface area contributed by atoms with Crippen molar-refractivity contribution in [3.63, 3.8) is 0 Å². The van der Waals surface area contributed by atoms with Crippen molar-refractivity contribution < 1.29 is 13.3 Å². The summed E-state index contributed by atoms with van der Waals surface area (Å²) in [6.07, 6.45) is 8.05. The second kappa shape index (κ2) is 8.78. The first-order valence-electron chi connectivity index (χ1n) is 10.5. The third-order valence-corrected chi connectivity index (χ3v) is 6.75. The molecule has 1 unspecified atom stereocenters. The van der Waals surface area contributed by atoms with E-state index in [1.54, 1.807) is 12.6 Å².